The van der Waals surface area contributed by atoms with Crippen LogP contribution in [-0.2, 0) is 0 Å². The Morgan fingerprint density at radius 1 is 1.70 bits per heavy atom. The Hall–Kier alpha value is -0.560. The van der Waals surface area contributed by atoms with Crippen molar-refractivity contribution in [1.29, 1.82) is 0 Å². The second-order valence-corrected chi connectivity index (χ2v) is 2.42. The van der Waals surface area contributed by atoms with Crippen LogP contribution in [0.1, 0.15) is 27.2 Å². The Labute approximate surface area is 63.1 Å². The van der Waals surface area contributed by atoms with Crippen LogP contribution in [0.3, 0.4) is 0 Å². The smallest absolute Gasteiger partial charge is 0.0784 e. The Morgan fingerprint density at radius 3 is 2.50 bits per heavy atom. The van der Waals surface area contributed by atoms with E-state index in [9.17, 15) is 5.11 Å². The van der Waals surface area contributed by atoms with Gasteiger partial charge in [-0.1, -0.05) is 25.2 Å². The lowest BCUT2D eigenvalue weighted by atomic mass is 10.0. The number of aliphatic hydroxyl groups is 1. The first-order valence-electron chi connectivity index (χ1n) is 3.63. The molecule has 0 fully saturated rings. The van der Waals surface area contributed by atoms with Crippen molar-refractivity contribution >= 4 is 0 Å². The molecule has 1 unspecified atom stereocenters. The van der Waals surface area contributed by atoms with Gasteiger partial charge in [0.15, 0.2) is 0 Å². The third-order valence-electron chi connectivity index (χ3n) is 1.73. The van der Waals surface area contributed by atoms with E-state index in [1.165, 1.54) is 0 Å². The van der Waals surface area contributed by atoms with Crippen molar-refractivity contribution in [3.05, 3.63) is 23.8 Å². The van der Waals surface area contributed by atoms with E-state index >= 15 is 0 Å². The summed E-state index contributed by atoms with van der Waals surface area (Å²) >= 11 is 0. The monoisotopic (exact) mass is 140 g/mol. The summed E-state index contributed by atoms with van der Waals surface area (Å²) in [5, 5.41) is 9.29. The first kappa shape index (κ1) is 9.44. The molecule has 1 nitrogen and oxygen atoms in total. The molecule has 0 radical (unpaired) electrons. The number of hydrogen-bond donors (Lipinski definition) is 1. The molecule has 0 spiro atoms. The molecule has 10 heavy (non-hydrogen) atoms. The molecular weight excluding hydrogens is 124 g/mol. The van der Waals surface area contributed by atoms with E-state index in [0.29, 0.717) is 0 Å². The highest BCUT2D eigenvalue weighted by atomic mass is 16.3. The molecule has 0 heterocycles. The van der Waals surface area contributed by atoms with Crippen molar-refractivity contribution in [1.82, 2.24) is 0 Å². The molecule has 0 aromatic heterocycles. The zero-order chi connectivity index (χ0) is 8.15. The fourth-order valence-corrected chi connectivity index (χ4v) is 0.695. The second kappa shape index (κ2) is 4.29. The van der Waals surface area contributed by atoms with Gasteiger partial charge in [0.25, 0.3) is 0 Å². The Bertz CT molecular complexity index is 145. The third kappa shape index (κ3) is 2.36. The maximum Gasteiger partial charge on any atom is 0.0784 e. The van der Waals surface area contributed by atoms with Gasteiger partial charge in [0.05, 0.1) is 6.10 Å². The van der Waals surface area contributed by atoms with Crippen LogP contribution in [0.15, 0.2) is 23.8 Å². The van der Waals surface area contributed by atoms with Crippen molar-refractivity contribution in [2.45, 2.75) is 33.3 Å². The number of allylic oxidation sites excluding steroid dienone is 1. The first-order chi connectivity index (χ1) is 4.63. The predicted molar refractivity (Wildman–Crippen MR) is 44.9 cm³/mol. The average molecular weight is 140 g/mol. The van der Waals surface area contributed by atoms with E-state index in [-0.39, 0.29) is 6.10 Å². The molecule has 0 amide bonds. The molecule has 0 saturated heterocycles. The van der Waals surface area contributed by atoms with Crippen LogP contribution >= 0.6 is 0 Å². The molecule has 1 atom stereocenters. The van der Waals surface area contributed by atoms with Crippen molar-refractivity contribution in [2.24, 2.45) is 0 Å². The molecule has 0 aliphatic carbocycles. The van der Waals surface area contributed by atoms with Crippen LogP contribution in [0, 0.1) is 0 Å². The summed E-state index contributed by atoms with van der Waals surface area (Å²) in [6.45, 7) is 9.63. The maximum atomic E-state index is 9.29. The zero-order valence-corrected chi connectivity index (χ0v) is 7.02. The second-order valence-electron chi connectivity index (χ2n) is 2.42. The SMILES string of the molecule is C=C(C(C)=CC)C(O)CC. The van der Waals surface area contributed by atoms with Crippen LogP contribution in [0.4, 0.5) is 0 Å². The van der Waals surface area contributed by atoms with Crippen molar-refractivity contribution in [3.63, 3.8) is 0 Å². The Morgan fingerprint density at radius 2 is 2.20 bits per heavy atom. The van der Waals surface area contributed by atoms with Crippen LogP contribution in [0.25, 0.3) is 0 Å². The number of rotatable bonds is 3. The van der Waals surface area contributed by atoms with Gasteiger partial charge in [-0.2, -0.15) is 0 Å². The minimum Gasteiger partial charge on any atom is -0.388 e. The molecule has 0 bridgehead atoms. The Balaban J connectivity index is 4.08. The van der Waals surface area contributed by atoms with E-state index in [2.05, 4.69) is 6.58 Å². The van der Waals surface area contributed by atoms with Gasteiger partial charge in [-0.25, -0.2) is 0 Å². The summed E-state index contributed by atoms with van der Waals surface area (Å²) in [6, 6.07) is 0. The molecule has 0 aliphatic rings. The number of aliphatic hydroxyl groups excluding tert-OH is 1. The van der Waals surface area contributed by atoms with Crippen molar-refractivity contribution < 1.29 is 5.11 Å². The average Bonchev–Trinajstić information content (AvgIpc) is 2.00. The van der Waals surface area contributed by atoms with Gasteiger partial charge in [0.2, 0.25) is 0 Å². The van der Waals surface area contributed by atoms with Gasteiger partial charge in [-0.05, 0) is 25.8 Å². The summed E-state index contributed by atoms with van der Waals surface area (Å²) in [7, 11) is 0. The van der Waals surface area contributed by atoms with Crippen molar-refractivity contribution in [3.8, 4) is 0 Å². The lowest BCUT2D eigenvalue weighted by molar-refractivity contribution is 0.209. The van der Waals surface area contributed by atoms with E-state index in [0.717, 1.165) is 17.6 Å². The normalized spacial score (nSPS) is 15.0. The van der Waals surface area contributed by atoms with Crippen LogP contribution in [-0.4, -0.2) is 11.2 Å². The van der Waals surface area contributed by atoms with Gasteiger partial charge in [-0.3, -0.25) is 0 Å². The van der Waals surface area contributed by atoms with Crippen LogP contribution in [0.5, 0.6) is 0 Å². The van der Waals surface area contributed by atoms with Gasteiger partial charge >= 0.3 is 0 Å². The van der Waals surface area contributed by atoms with E-state index in [1.807, 2.05) is 26.8 Å². The fourth-order valence-electron chi connectivity index (χ4n) is 0.695. The van der Waals surface area contributed by atoms with Gasteiger partial charge in [-0.15, -0.1) is 0 Å². The molecule has 1 N–H and O–H groups in total. The third-order valence-corrected chi connectivity index (χ3v) is 1.73. The molecule has 58 valence electrons. The topological polar surface area (TPSA) is 20.2 Å². The summed E-state index contributed by atoms with van der Waals surface area (Å²) in [5.74, 6) is 0. The molecule has 1 heteroatoms. The molecule has 0 saturated carbocycles. The zero-order valence-electron chi connectivity index (χ0n) is 7.02. The van der Waals surface area contributed by atoms with Crippen LogP contribution in [0.2, 0.25) is 0 Å². The molecular formula is C9H16O. The van der Waals surface area contributed by atoms with Gasteiger partial charge < -0.3 is 5.11 Å². The predicted octanol–water partition coefficient (Wildman–Crippen LogP) is 2.28. The minimum absolute atomic E-state index is 0.365. The largest absolute Gasteiger partial charge is 0.388 e. The summed E-state index contributed by atoms with van der Waals surface area (Å²) in [5.41, 5.74) is 1.92. The molecule has 0 rings (SSSR count). The lowest BCUT2D eigenvalue weighted by Gasteiger charge is -2.10. The minimum atomic E-state index is -0.365. The summed E-state index contributed by atoms with van der Waals surface area (Å²) in [6.07, 6.45) is 2.33. The summed E-state index contributed by atoms with van der Waals surface area (Å²) < 4.78 is 0. The van der Waals surface area contributed by atoms with E-state index in [4.69, 9.17) is 0 Å². The highest BCUT2D eigenvalue weighted by Gasteiger charge is 2.05. The number of hydrogen-bond acceptors (Lipinski definition) is 1. The summed E-state index contributed by atoms with van der Waals surface area (Å²) in [4.78, 5) is 0. The molecule has 0 aromatic carbocycles. The highest BCUT2D eigenvalue weighted by Crippen LogP contribution is 2.12. The first-order valence-corrected chi connectivity index (χ1v) is 3.63. The quantitative estimate of drug-likeness (QED) is 0.596. The maximum absolute atomic E-state index is 9.29. The molecule has 0 aromatic rings. The van der Waals surface area contributed by atoms with Gasteiger partial charge in [0, 0.05) is 0 Å². The lowest BCUT2D eigenvalue weighted by Crippen LogP contribution is -2.07. The standard InChI is InChI=1S/C9H16O/c1-5-7(3)8(4)9(10)6-2/h5,9-10H,4,6H2,1-3H3. The van der Waals surface area contributed by atoms with Crippen LogP contribution < -0.4 is 0 Å². The Kier molecular flexibility index (Phi) is 4.05. The van der Waals surface area contributed by atoms with E-state index < -0.39 is 0 Å². The van der Waals surface area contributed by atoms with E-state index in [1.54, 1.807) is 0 Å². The molecule has 0 aliphatic heterocycles. The van der Waals surface area contributed by atoms with Gasteiger partial charge in [0.1, 0.15) is 0 Å². The fraction of sp³-hybridized carbons (Fsp3) is 0.556. The highest BCUT2D eigenvalue weighted by molar-refractivity contribution is 5.28. The van der Waals surface area contributed by atoms with Crippen molar-refractivity contribution in [2.75, 3.05) is 0 Å².